The monoisotopic (exact) mass is 349 g/mol. The first-order valence-electron chi connectivity index (χ1n) is 8.01. The third kappa shape index (κ3) is 3.98. The molecule has 1 aliphatic rings. The van der Waals surface area contributed by atoms with E-state index in [4.69, 9.17) is 0 Å². The zero-order valence-corrected chi connectivity index (χ0v) is 15.6. The molecule has 0 radical (unpaired) electrons. The van der Waals surface area contributed by atoms with Gasteiger partial charge < -0.3 is 5.32 Å². The molecule has 21 heavy (non-hydrogen) atoms. The van der Waals surface area contributed by atoms with E-state index >= 15 is 0 Å². The molecule has 1 nitrogen and oxygen atoms in total. The highest BCUT2D eigenvalue weighted by atomic mass is 79.9. The van der Waals surface area contributed by atoms with Crippen molar-refractivity contribution in [3.63, 3.8) is 0 Å². The molecule has 0 bridgehead atoms. The van der Waals surface area contributed by atoms with E-state index in [2.05, 4.69) is 74.1 Å². The van der Waals surface area contributed by atoms with Crippen molar-refractivity contribution in [1.82, 2.24) is 5.32 Å². The maximum absolute atomic E-state index is 3.85. The zero-order valence-electron chi connectivity index (χ0n) is 14.0. The van der Waals surface area contributed by atoms with Crippen LogP contribution in [0.3, 0.4) is 0 Å². The van der Waals surface area contributed by atoms with Crippen molar-refractivity contribution in [1.29, 1.82) is 0 Å². The average Bonchev–Trinajstić information content (AvgIpc) is 2.49. The second-order valence-corrected chi connectivity index (χ2v) is 8.30. The number of hydrogen-bond donors (Lipinski definition) is 1. The Balaban J connectivity index is 2.38. The minimum Gasteiger partial charge on any atom is -0.312 e. The molecule has 0 unspecified atom stereocenters. The maximum Gasteiger partial charge on any atom is 0.0219 e. The van der Waals surface area contributed by atoms with Crippen molar-refractivity contribution in [2.75, 3.05) is 13.1 Å². The Morgan fingerprint density at radius 1 is 1.29 bits per heavy atom. The summed E-state index contributed by atoms with van der Waals surface area (Å²) in [5, 5.41) is 3.61. The molecule has 0 saturated heterocycles. The molecule has 2 heteroatoms. The number of allylic oxidation sites excluding steroid dienone is 1. The van der Waals surface area contributed by atoms with Gasteiger partial charge in [-0.05, 0) is 54.3 Å². The molecule has 116 valence electrons. The lowest BCUT2D eigenvalue weighted by molar-refractivity contribution is 0.486. The summed E-state index contributed by atoms with van der Waals surface area (Å²) in [6.45, 7) is 13.5. The fourth-order valence-corrected chi connectivity index (χ4v) is 3.56. The summed E-state index contributed by atoms with van der Waals surface area (Å²) in [5.41, 5.74) is 5.95. The SMILES string of the molecule is Cc1ccc2c(c1)C(C)(C)CCC(Br)=C2CNCC(C)C. The van der Waals surface area contributed by atoms with Gasteiger partial charge in [0.2, 0.25) is 0 Å². The Bertz CT molecular complexity index is 540. The van der Waals surface area contributed by atoms with Gasteiger partial charge in [0.1, 0.15) is 0 Å². The van der Waals surface area contributed by atoms with E-state index in [1.807, 2.05) is 0 Å². The Hall–Kier alpha value is -0.600. The standard InChI is InChI=1S/C19H28BrN/c1-13(2)11-21-12-16-15-7-6-14(3)10-17(15)19(4,5)9-8-18(16)20/h6-7,10,13,21H,8-9,11-12H2,1-5H3. The van der Waals surface area contributed by atoms with Crippen LogP contribution in [0.25, 0.3) is 5.57 Å². The minimum absolute atomic E-state index is 0.236. The molecule has 0 aliphatic heterocycles. The van der Waals surface area contributed by atoms with E-state index in [9.17, 15) is 0 Å². The number of hydrogen-bond acceptors (Lipinski definition) is 1. The van der Waals surface area contributed by atoms with Crippen LogP contribution in [0.15, 0.2) is 22.7 Å². The van der Waals surface area contributed by atoms with Crippen molar-refractivity contribution >= 4 is 21.5 Å². The van der Waals surface area contributed by atoms with Gasteiger partial charge in [0, 0.05) is 11.0 Å². The van der Waals surface area contributed by atoms with Crippen LogP contribution in [0.5, 0.6) is 0 Å². The second kappa shape index (κ2) is 6.66. The zero-order chi connectivity index (χ0) is 15.6. The first-order valence-corrected chi connectivity index (χ1v) is 8.80. The molecule has 1 aromatic rings. The molecule has 0 aromatic heterocycles. The highest BCUT2D eigenvalue weighted by Gasteiger charge is 2.28. The molecule has 0 atom stereocenters. The van der Waals surface area contributed by atoms with Crippen LogP contribution in [0.1, 0.15) is 57.2 Å². The van der Waals surface area contributed by atoms with Crippen molar-refractivity contribution in [3.05, 3.63) is 39.4 Å². The van der Waals surface area contributed by atoms with Gasteiger partial charge in [0.15, 0.2) is 0 Å². The van der Waals surface area contributed by atoms with E-state index in [1.165, 1.54) is 33.2 Å². The minimum atomic E-state index is 0.236. The Kier molecular flexibility index (Phi) is 5.32. The molecule has 0 saturated carbocycles. The van der Waals surface area contributed by atoms with Gasteiger partial charge in [-0.3, -0.25) is 0 Å². The van der Waals surface area contributed by atoms with E-state index in [1.54, 1.807) is 0 Å². The average molecular weight is 350 g/mol. The van der Waals surface area contributed by atoms with Crippen LogP contribution in [-0.4, -0.2) is 13.1 Å². The van der Waals surface area contributed by atoms with Crippen LogP contribution in [-0.2, 0) is 5.41 Å². The topological polar surface area (TPSA) is 12.0 Å². The Morgan fingerprint density at radius 3 is 2.67 bits per heavy atom. The summed E-state index contributed by atoms with van der Waals surface area (Å²) in [5.74, 6) is 0.684. The van der Waals surface area contributed by atoms with Gasteiger partial charge in [-0.1, -0.05) is 67.4 Å². The second-order valence-electron chi connectivity index (χ2n) is 7.34. The molecule has 2 rings (SSSR count). The fourth-order valence-electron chi connectivity index (χ4n) is 3.01. The number of aryl methyl sites for hydroxylation is 1. The van der Waals surface area contributed by atoms with Crippen LogP contribution in [0.2, 0.25) is 0 Å². The summed E-state index contributed by atoms with van der Waals surface area (Å²) in [4.78, 5) is 0. The first-order chi connectivity index (χ1) is 9.81. The van der Waals surface area contributed by atoms with Gasteiger partial charge >= 0.3 is 0 Å². The van der Waals surface area contributed by atoms with Crippen LogP contribution < -0.4 is 5.32 Å². The Morgan fingerprint density at radius 2 is 2.00 bits per heavy atom. The van der Waals surface area contributed by atoms with Crippen molar-refractivity contribution in [2.24, 2.45) is 5.92 Å². The van der Waals surface area contributed by atoms with Crippen LogP contribution in [0.4, 0.5) is 0 Å². The molecule has 0 spiro atoms. The number of benzene rings is 1. The smallest absolute Gasteiger partial charge is 0.0219 e. The molecule has 1 aromatic carbocycles. The lowest BCUT2D eigenvalue weighted by Gasteiger charge is -2.26. The molecular formula is C19H28BrN. The van der Waals surface area contributed by atoms with Gasteiger partial charge in [-0.2, -0.15) is 0 Å². The molecule has 0 heterocycles. The number of nitrogens with one attached hydrogen (secondary N) is 1. The van der Waals surface area contributed by atoms with Crippen molar-refractivity contribution in [3.8, 4) is 0 Å². The quantitative estimate of drug-likeness (QED) is 0.765. The highest BCUT2D eigenvalue weighted by molar-refractivity contribution is 9.11. The van der Waals surface area contributed by atoms with E-state index in [-0.39, 0.29) is 5.41 Å². The lowest BCUT2D eigenvalue weighted by atomic mass is 9.78. The van der Waals surface area contributed by atoms with E-state index < -0.39 is 0 Å². The van der Waals surface area contributed by atoms with Crippen LogP contribution >= 0.6 is 15.9 Å². The van der Waals surface area contributed by atoms with Gasteiger partial charge in [-0.25, -0.2) is 0 Å². The highest BCUT2D eigenvalue weighted by Crippen LogP contribution is 2.42. The molecule has 1 aliphatic carbocycles. The molecule has 1 N–H and O–H groups in total. The molecule has 0 fully saturated rings. The lowest BCUT2D eigenvalue weighted by Crippen LogP contribution is -2.23. The summed E-state index contributed by atoms with van der Waals surface area (Å²) < 4.78 is 1.37. The number of fused-ring (bicyclic) bond motifs is 1. The van der Waals surface area contributed by atoms with E-state index in [0.29, 0.717) is 5.92 Å². The fraction of sp³-hybridized carbons (Fsp3) is 0.579. The summed E-state index contributed by atoms with van der Waals surface area (Å²) >= 11 is 3.85. The largest absolute Gasteiger partial charge is 0.312 e. The van der Waals surface area contributed by atoms with E-state index in [0.717, 1.165) is 19.5 Å². The molecule has 0 amide bonds. The maximum atomic E-state index is 3.85. The third-order valence-electron chi connectivity index (χ3n) is 4.38. The van der Waals surface area contributed by atoms with Crippen LogP contribution in [0, 0.1) is 12.8 Å². The normalized spacial score (nSPS) is 17.9. The summed E-state index contributed by atoms with van der Waals surface area (Å²) in [7, 11) is 0. The van der Waals surface area contributed by atoms with Crippen molar-refractivity contribution in [2.45, 2.75) is 52.9 Å². The van der Waals surface area contributed by atoms with Gasteiger partial charge in [0.25, 0.3) is 0 Å². The number of halogens is 1. The third-order valence-corrected chi connectivity index (χ3v) is 5.26. The summed E-state index contributed by atoms with van der Waals surface area (Å²) in [6, 6.07) is 6.93. The predicted molar refractivity (Wildman–Crippen MR) is 97.0 cm³/mol. The predicted octanol–water partition coefficient (Wildman–Crippen LogP) is 5.42. The summed E-state index contributed by atoms with van der Waals surface area (Å²) in [6.07, 6.45) is 2.32. The van der Waals surface area contributed by atoms with Gasteiger partial charge in [-0.15, -0.1) is 0 Å². The first kappa shape index (κ1) is 16.8. The van der Waals surface area contributed by atoms with Gasteiger partial charge in [0.05, 0.1) is 0 Å². The Labute approximate surface area is 138 Å². The molecular weight excluding hydrogens is 322 g/mol. The number of rotatable bonds is 4. The van der Waals surface area contributed by atoms with Crippen molar-refractivity contribution < 1.29 is 0 Å².